The molecule has 0 amide bonds. The van der Waals surface area contributed by atoms with Crippen LogP contribution >= 0.6 is 0 Å². The molecule has 0 fully saturated rings. The molecule has 3 rings (SSSR count). The quantitative estimate of drug-likeness (QED) is 0.837. The summed E-state index contributed by atoms with van der Waals surface area (Å²) in [5, 5.41) is 0. The van der Waals surface area contributed by atoms with Gasteiger partial charge >= 0.3 is 0 Å². The van der Waals surface area contributed by atoms with Gasteiger partial charge in [0.2, 0.25) is 0 Å². The summed E-state index contributed by atoms with van der Waals surface area (Å²) in [6.45, 7) is 3.97. The van der Waals surface area contributed by atoms with Gasteiger partial charge in [0.15, 0.2) is 0 Å². The minimum atomic E-state index is 0.859. The minimum Gasteiger partial charge on any atom is -0.398 e. The predicted octanol–water partition coefficient (Wildman–Crippen LogP) is 2.93. The molecule has 1 aromatic heterocycles. The van der Waals surface area contributed by atoms with Gasteiger partial charge in [-0.2, -0.15) is 0 Å². The van der Waals surface area contributed by atoms with Crippen molar-refractivity contribution in [2.24, 2.45) is 0 Å². The maximum atomic E-state index is 6.08. The monoisotopic (exact) mass is 253 g/mol. The maximum absolute atomic E-state index is 6.08. The van der Waals surface area contributed by atoms with E-state index in [0.717, 1.165) is 43.0 Å². The lowest BCUT2D eigenvalue weighted by Gasteiger charge is -2.31. The summed E-state index contributed by atoms with van der Waals surface area (Å²) in [6, 6.07) is 12.4. The van der Waals surface area contributed by atoms with Crippen molar-refractivity contribution in [2.75, 3.05) is 17.2 Å². The van der Waals surface area contributed by atoms with E-state index in [1.807, 2.05) is 25.1 Å². The van der Waals surface area contributed by atoms with Crippen LogP contribution in [0.4, 0.5) is 11.4 Å². The molecular formula is C16H19N3. The van der Waals surface area contributed by atoms with Crippen LogP contribution in [-0.2, 0) is 13.0 Å². The van der Waals surface area contributed by atoms with Crippen molar-refractivity contribution >= 4 is 11.4 Å². The highest BCUT2D eigenvalue weighted by molar-refractivity contribution is 5.66. The van der Waals surface area contributed by atoms with Crippen molar-refractivity contribution in [3.63, 3.8) is 0 Å². The Labute approximate surface area is 114 Å². The van der Waals surface area contributed by atoms with Crippen molar-refractivity contribution < 1.29 is 0 Å². The average molecular weight is 253 g/mol. The zero-order valence-electron chi connectivity index (χ0n) is 11.3. The summed E-state index contributed by atoms with van der Waals surface area (Å²) < 4.78 is 0. The molecule has 1 aliphatic rings. The number of fused-ring (bicyclic) bond motifs is 1. The molecule has 98 valence electrons. The Morgan fingerprint density at radius 1 is 1.21 bits per heavy atom. The highest BCUT2D eigenvalue weighted by Gasteiger charge is 2.18. The van der Waals surface area contributed by atoms with Crippen LogP contribution in [0.2, 0.25) is 0 Å². The van der Waals surface area contributed by atoms with Gasteiger partial charge in [0, 0.05) is 23.6 Å². The minimum absolute atomic E-state index is 0.859. The van der Waals surface area contributed by atoms with Crippen LogP contribution in [-0.4, -0.2) is 11.5 Å². The number of nitrogen functional groups attached to an aromatic ring is 1. The third-order valence-electron chi connectivity index (χ3n) is 3.68. The van der Waals surface area contributed by atoms with E-state index in [1.54, 1.807) is 0 Å². The Morgan fingerprint density at radius 3 is 2.89 bits per heavy atom. The molecule has 2 N–H and O–H groups in total. The SMILES string of the molecule is Cc1cccc(CN2CCCc3c(N)cccc32)n1. The number of aromatic nitrogens is 1. The summed E-state index contributed by atoms with van der Waals surface area (Å²) in [5.41, 5.74) is 11.8. The number of rotatable bonds is 2. The first-order valence-corrected chi connectivity index (χ1v) is 6.79. The first kappa shape index (κ1) is 12.0. The van der Waals surface area contributed by atoms with Crippen molar-refractivity contribution in [3.8, 4) is 0 Å². The number of benzene rings is 1. The number of nitrogens with two attached hydrogens (primary N) is 1. The number of aryl methyl sites for hydroxylation is 1. The number of nitrogens with zero attached hydrogens (tertiary/aromatic N) is 2. The topological polar surface area (TPSA) is 42.1 Å². The lowest BCUT2D eigenvalue weighted by atomic mass is 10.00. The Bertz CT molecular complexity index is 592. The molecule has 1 aliphatic heterocycles. The molecule has 0 saturated carbocycles. The van der Waals surface area contributed by atoms with Crippen molar-refractivity contribution in [3.05, 3.63) is 53.3 Å². The van der Waals surface area contributed by atoms with Gasteiger partial charge in [-0.3, -0.25) is 4.98 Å². The van der Waals surface area contributed by atoms with Crippen molar-refractivity contribution in [1.29, 1.82) is 0 Å². The second kappa shape index (κ2) is 4.92. The van der Waals surface area contributed by atoms with Gasteiger partial charge in [0.25, 0.3) is 0 Å². The first-order valence-electron chi connectivity index (χ1n) is 6.79. The predicted molar refractivity (Wildman–Crippen MR) is 79.2 cm³/mol. The number of anilines is 2. The molecule has 0 unspecified atom stereocenters. The van der Waals surface area contributed by atoms with E-state index in [1.165, 1.54) is 11.3 Å². The summed E-state index contributed by atoms with van der Waals surface area (Å²) in [7, 11) is 0. The van der Waals surface area contributed by atoms with Crippen LogP contribution in [0.5, 0.6) is 0 Å². The Morgan fingerprint density at radius 2 is 2.05 bits per heavy atom. The third-order valence-corrected chi connectivity index (χ3v) is 3.68. The van der Waals surface area contributed by atoms with Crippen LogP contribution in [0.1, 0.15) is 23.4 Å². The number of hydrogen-bond acceptors (Lipinski definition) is 3. The van der Waals surface area contributed by atoms with Gasteiger partial charge in [0.05, 0.1) is 12.2 Å². The molecular weight excluding hydrogens is 234 g/mol. The van der Waals surface area contributed by atoms with Gasteiger partial charge < -0.3 is 10.6 Å². The summed E-state index contributed by atoms with van der Waals surface area (Å²) in [4.78, 5) is 6.98. The van der Waals surface area contributed by atoms with E-state index in [2.05, 4.69) is 28.1 Å². The van der Waals surface area contributed by atoms with Gasteiger partial charge in [-0.25, -0.2) is 0 Å². The highest BCUT2D eigenvalue weighted by atomic mass is 15.1. The van der Waals surface area contributed by atoms with E-state index in [-0.39, 0.29) is 0 Å². The molecule has 2 aromatic rings. The molecule has 0 spiro atoms. The third kappa shape index (κ3) is 2.41. The van der Waals surface area contributed by atoms with Gasteiger partial charge in [0.1, 0.15) is 0 Å². The molecule has 0 saturated heterocycles. The summed E-state index contributed by atoms with van der Waals surface area (Å²) in [5.74, 6) is 0. The zero-order valence-corrected chi connectivity index (χ0v) is 11.3. The van der Waals surface area contributed by atoms with Crippen molar-refractivity contribution in [2.45, 2.75) is 26.3 Å². The van der Waals surface area contributed by atoms with Crippen LogP contribution in [0, 0.1) is 6.92 Å². The summed E-state index contributed by atoms with van der Waals surface area (Å²) in [6.07, 6.45) is 2.24. The number of pyridine rings is 1. The molecule has 2 heterocycles. The van der Waals surface area contributed by atoms with Gasteiger partial charge in [-0.1, -0.05) is 12.1 Å². The highest BCUT2D eigenvalue weighted by Crippen LogP contribution is 2.31. The molecule has 3 nitrogen and oxygen atoms in total. The molecule has 19 heavy (non-hydrogen) atoms. The second-order valence-electron chi connectivity index (χ2n) is 5.14. The molecule has 0 bridgehead atoms. The van der Waals surface area contributed by atoms with E-state index in [9.17, 15) is 0 Å². The fraction of sp³-hybridized carbons (Fsp3) is 0.312. The van der Waals surface area contributed by atoms with E-state index in [4.69, 9.17) is 5.73 Å². The van der Waals surface area contributed by atoms with E-state index >= 15 is 0 Å². The fourth-order valence-electron chi connectivity index (χ4n) is 2.78. The maximum Gasteiger partial charge on any atom is 0.0602 e. The smallest absolute Gasteiger partial charge is 0.0602 e. The normalized spacial score (nSPS) is 14.3. The zero-order chi connectivity index (χ0) is 13.2. The molecule has 0 radical (unpaired) electrons. The lowest BCUT2D eigenvalue weighted by Crippen LogP contribution is -2.29. The Hall–Kier alpha value is -2.03. The standard InChI is InChI=1S/C16H19N3/c1-12-5-2-6-13(18-12)11-19-10-4-7-14-15(17)8-3-9-16(14)19/h2-3,5-6,8-9H,4,7,10-11,17H2,1H3. The van der Waals surface area contributed by atoms with Crippen LogP contribution in [0.3, 0.4) is 0 Å². The summed E-state index contributed by atoms with van der Waals surface area (Å²) >= 11 is 0. The molecule has 0 atom stereocenters. The fourth-order valence-corrected chi connectivity index (χ4v) is 2.78. The van der Waals surface area contributed by atoms with Gasteiger partial charge in [-0.05, 0) is 49.6 Å². The average Bonchev–Trinajstić information content (AvgIpc) is 2.40. The lowest BCUT2D eigenvalue weighted by molar-refractivity contribution is 0.684. The van der Waals surface area contributed by atoms with Gasteiger partial charge in [-0.15, -0.1) is 0 Å². The Balaban J connectivity index is 1.90. The Kier molecular flexibility index (Phi) is 3.11. The van der Waals surface area contributed by atoms with Crippen LogP contribution in [0.25, 0.3) is 0 Å². The second-order valence-corrected chi connectivity index (χ2v) is 5.14. The first-order chi connectivity index (χ1) is 9.24. The van der Waals surface area contributed by atoms with Crippen LogP contribution < -0.4 is 10.6 Å². The van der Waals surface area contributed by atoms with Crippen LogP contribution in [0.15, 0.2) is 36.4 Å². The molecule has 1 aromatic carbocycles. The van der Waals surface area contributed by atoms with Crippen molar-refractivity contribution in [1.82, 2.24) is 4.98 Å². The van der Waals surface area contributed by atoms with E-state index < -0.39 is 0 Å². The number of hydrogen-bond donors (Lipinski definition) is 1. The van der Waals surface area contributed by atoms with E-state index in [0.29, 0.717) is 0 Å². The molecule has 0 aliphatic carbocycles. The molecule has 3 heteroatoms. The largest absolute Gasteiger partial charge is 0.398 e.